The molecule has 3 aromatic rings. The second kappa shape index (κ2) is 8.30. The number of phenolic OH excluding ortho intramolecular Hbond substituents is 1. The van der Waals surface area contributed by atoms with Gasteiger partial charge in [-0.15, -0.1) is 0 Å². The summed E-state index contributed by atoms with van der Waals surface area (Å²) in [5, 5.41) is 17.3. The van der Waals surface area contributed by atoms with Gasteiger partial charge < -0.3 is 15.7 Å². The van der Waals surface area contributed by atoms with Crippen LogP contribution in [0.2, 0.25) is 0 Å². The molecule has 0 saturated carbocycles. The molecular formula is C28H36N2O. The van der Waals surface area contributed by atoms with E-state index in [1.165, 1.54) is 22.3 Å². The molecular weight excluding hydrogens is 380 g/mol. The number of anilines is 4. The third-order valence-electron chi connectivity index (χ3n) is 5.58. The molecule has 3 rings (SSSR count). The first-order valence-corrected chi connectivity index (χ1v) is 10.9. The maximum Gasteiger partial charge on any atom is 0.117 e. The van der Waals surface area contributed by atoms with Crippen LogP contribution in [0.3, 0.4) is 0 Å². The fourth-order valence-corrected chi connectivity index (χ4v) is 3.73. The highest BCUT2D eigenvalue weighted by Crippen LogP contribution is 2.42. The van der Waals surface area contributed by atoms with Crippen molar-refractivity contribution in [3.8, 4) is 5.75 Å². The van der Waals surface area contributed by atoms with Crippen LogP contribution >= 0.6 is 0 Å². The normalized spacial score (nSPS) is 12.0. The third kappa shape index (κ3) is 5.41. The summed E-state index contributed by atoms with van der Waals surface area (Å²) in [5.41, 5.74) is 8.94. The van der Waals surface area contributed by atoms with Gasteiger partial charge in [0.1, 0.15) is 5.75 Å². The first kappa shape index (κ1) is 22.7. The van der Waals surface area contributed by atoms with Crippen molar-refractivity contribution in [1.29, 1.82) is 0 Å². The number of hydrogen-bond acceptors (Lipinski definition) is 3. The summed E-state index contributed by atoms with van der Waals surface area (Å²) in [6, 6.07) is 18.3. The molecule has 3 nitrogen and oxygen atoms in total. The molecule has 0 aromatic heterocycles. The Bertz CT molecular complexity index is 1090. The molecule has 0 saturated heterocycles. The van der Waals surface area contributed by atoms with E-state index in [4.69, 9.17) is 0 Å². The molecule has 0 aliphatic rings. The molecule has 0 radical (unpaired) electrons. The van der Waals surface area contributed by atoms with Gasteiger partial charge in [-0.1, -0.05) is 71.4 Å². The van der Waals surface area contributed by atoms with Crippen LogP contribution < -0.4 is 10.6 Å². The van der Waals surface area contributed by atoms with Gasteiger partial charge >= 0.3 is 0 Å². The van der Waals surface area contributed by atoms with Crippen LogP contribution in [0.25, 0.3) is 0 Å². The van der Waals surface area contributed by atoms with Crippen molar-refractivity contribution in [2.24, 2.45) is 0 Å². The Balaban J connectivity index is 2.23. The molecule has 0 fully saturated rings. The lowest BCUT2D eigenvalue weighted by molar-refractivity contribution is 0.475. The van der Waals surface area contributed by atoms with Crippen LogP contribution in [-0.2, 0) is 10.8 Å². The fraction of sp³-hybridized carbons (Fsp3) is 0.357. The number of nitrogens with one attached hydrogen (secondary N) is 2. The number of benzene rings is 3. The maximum atomic E-state index is 9.98. The Morgan fingerprint density at radius 1 is 0.710 bits per heavy atom. The van der Waals surface area contributed by atoms with Crippen molar-refractivity contribution in [1.82, 2.24) is 0 Å². The molecule has 0 heterocycles. The predicted molar refractivity (Wildman–Crippen MR) is 134 cm³/mol. The summed E-state index contributed by atoms with van der Waals surface area (Å²) in [7, 11) is 0. The summed E-state index contributed by atoms with van der Waals surface area (Å²) in [5.74, 6) is 0.248. The summed E-state index contributed by atoms with van der Waals surface area (Å²) in [4.78, 5) is 0. The number of phenols is 1. The topological polar surface area (TPSA) is 44.3 Å². The number of rotatable bonds is 4. The molecule has 0 bridgehead atoms. The van der Waals surface area contributed by atoms with E-state index in [0.717, 1.165) is 22.7 Å². The van der Waals surface area contributed by atoms with E-state index in [1.54, 1.807) is 12.1 Å². The number of aromatic hydroxyl groups is 1. The van der Waals surface area contributed by atoms with E-state index >= 15 is 0 Å². The molecule has 31 heavy (non-hydrogen) atoms. The fourth-order valence-electron chi connectivity index (χ4n) is 3.73. The van der Waals surface area contributed by atoms with Gasteiger partial charge in [-0.2, -0.15) is 0 Å². The first-order chi connectivity index (χ1) is 14.3. The zero-order chi connectivity index (χ0) is 23.0. The highest BCUT2D eigenvalue weighted by Gasteiger charge is 2.25. The zero-order valence-corrected chi connectivity index (χ0v) is 20.1. The average molecular weight is 417 g/mol. The number of hydrogen-bond donors (Lipinski definition) is 3. The van der Waals surface area contributed by atoms with E-state index in [2.05, 4.69) is 96.4 Å². The quantitative estimate of drug-likeness (QED) is 0.402. The van der Waals surface area contributed by atoms with Crippen LogP contribution in [0, 0.1) is 13.8 Å². The minimum Gasteiger partial charge on any atom is -0.508 e. The van der Waals surface area contributed by atoms with Crippen LogP contribution in [0.5, 0.6) is 5.75 Å². The van der Waals surface area contributed by atoms with Crippen molar-refractivity contribution in [3.05, 3.63) is 76.9 Å². The van der Waals surface area contributed by atoms with Gasteiger partial charge in [0.15, 0.2) is 0 Å². The lowest BCUT2D eigenvalue weighted by Gasteiger charge is -2.30. The minimum atomic E-state index is -0.0703. The summed E-state index contributed by atoms with van der Waals surface area (Å²) < 4.78 is 0. The van der Waals surface area contributed by atoms with Crippen molar-refractivity contribution in [2.75, 3.05) is 10.6 Å². The third-order valence-corrected chi connectivity index (χ3v) is 5.58. The van der Waals surface area contributed by atoms with E-state index in [0.29, 0.717) is 0 Å². The predicted octanol–water partition coefficient (Wildman–Crippen LogP) is 8.09. The van der Waals surface area contributed by atoms with Crippen LogP contribution in [0.1, 0.15) is 63.8 Å². The van der Waals surface area contributed by atoms with Crippen molar-refractivity contribution in [2.45, 2.75) is 66.2 Å². The molecule has 0 aliphatic heterocycles. The molecule has 3 aromatic carbocycles. The smallest absolute Gasteiger partial charge is 0.117 e. The highest BCUT2D eigenvalue weighted by atomic mass is 16.3. The van der Waals surface area contributed by atoms with E-state index in [9.17, 15) is 5.11 Å². The Kier molecular flexibility index (Phi) is 6.09. The van der Waals surface area contributed by atoms with Gasteiger partial charge in [-0.05, 0) is 65.6 Å². The van der Waals surface area contributed by atoms with Gasteiger partial charge in [0.25, 0.3) is 0 Å². The van der Waals surface area contributed by atoms with Gasteiger partial charge in [0, 0.05) is 17.4 Å². The van der Waals surface area contributed by atoms with Gasteiger partial charge in [-0.25, -0.2) is 0 Å². The van der Waals surface area contributed by atoms with Gasteiger partial charge in [0.05, 0.1) is 11.4 Å². The molecule has 3 N–H and O–H groups in total. The van der Waals surface area contributed by atoms with Crippen molar-refractivity contribution in [3.63, 3.8) is 0 Å². The highest BCUT2D eigenvalue weighted by molar-refractivity contribution is 5.83. The summed E-state index contributed by atoms with van der Waals surface area (Å²) in [6.45, 7) is 17.7. The first-order valence-electron chi connectivity index (χ1n) is 10.9. The second-order valence-corrected chi connectivity index (χ2v) is 10.6. The van der Waals surface area contributed by atoms with E-state index in [-0.39, 0.29) is 16.6 Å². The standard InChI is InChI=1S/C28H36N2O/c1-18-12-13-24(19(2)14-18)30-25-16-20(27(3,4)5)15-23(28(6,7)8)26(25)29-21-10-9-11-22(31)17-21/h9-17,29-31H,1-8H3. The molecule has 0 spiro atoms. The molecule has 0 amide bonds. The lowest BCUT2D eigenvalue weighted by atomic mass is 9.79. The van der Waals surface area contributed by atoms with Crippen LogP contribution in [0.4, 0.5) is 22.7 Å². The van der Waals surface area contributed by atoms with Crippen LogP contribution in [0.15, 0.2) is 54.6 Å². The Labute approximate surface area is 187 Å². The Morgan fingerprint density at radius 3 is 2.00 bits per heavy atom. The molecule has 0 unspecified atom stereocenters. The van der Waals surface area contributed by atoms with Gasteiger partial charge in [0.2, 0.25) is 0 Å². The molecule has 3 heteroatoms. The summed E-state index contributed by atoms with van der Waals surface area (Å²) >= 11 is 0. The molecule has 0 atom stereocenters. The Morgan fingerprint density at radius 2 is 1.42 bits per heavy atom. The van der Waals surface area contributed by atoms with Crippen molar-refractivity contribution >= 4 is 22.7 Å². The lowest BCUT2D eigenvalue weighted by Crippen LogP contribution is -2.19. The zero-order valence-electron chi connectivity index (χ0n) is 20.1. The molecule has 0 aliphatic carbocycles. The maximum absolute atomic E-state index is 9.98. The van der Waals surface area contributed by atoms with Gasteiger partial charge in [-0.3, -0.25) is 0 Å². The van der Waals surface area contributed by atoms with E-state index in [1.807, 2.05) is 12.1 Å². The monoisotopic (exact) mass is 416 g/mol. The SMILES string of the molecule is Cc1ccc(Nc2cc(C(C)(C)C)cc(C(C)(C)C)c2Nc2cccc(O)c2)c(C)c1. The van der Waals surface area contributed by atoms with Crippen molar-refractivity contribution < 1.29 is 5.11 Å². The van der Waals surface area contributed by atoms with Crippen LogP contribution in [-0.4, -0.2) is 5.11 Å². The van der Waals surface area contributed by atoms with E-state index < -0.39 is 0 Å². The Hall–Kier alpha value is -2.94. The minimum absolute atomic E-state index is 0.0162. The second-order valence-electron chi connectivity index (χ2n) is 10.6. The average Bonchev–Trinajstić information content (AvgIpc) is 2.63. The largest absolute Gasteiger partial charge is 0.508 e. The number of aryl methyl sites for hydroxylation is 2. The summed E-state index contributed by atoms with van der Waals surface area (Å²) in [6.07, 6.45) is 0. The molecule has 164 valence electrons.